The predicted molar refractivity (Wildman–Crippen MR) is 73.4 cm³/mol. The molecule has 0 atom stereocenters. The molecule has 1 aromatic rings. The molecule has 0 aliphatic heterocycles. The fourth-order valence-corrected chi connectivity index (χ4v) is 1.77. The fourth-order valence-electron chi connectivity index (χ4n) is 1.77. The summed E-state index contributed by atoms with van der Waals surface area (Å²) in [7, 11) is 0. The van der Waals surface area contributed by atoms with Gasteiger partial charge in [0.2, 0.25) is 0 Å². The number of benzene rings is 1. The van der Waals surface area contributed by atoms with Gasteiger partial charge in [-0.15, -0.1) is 0 Å². The third-order valence-electron chi connectivity index (χ3n) is 2.87. The van der Waals surface area contributed by atoms with E-state index in [0.717, 1.165) is 5.69 Å². The van der Waals surface area contributed by atoms with Crippen LogP contribution in [0.25, 0.3) is 0 Å². The van der Waals surface area contributed by atoms with Crippen LogP contribution in [0.15, 0.2) is 42.1 Å². The summed E-state index contributed by atoms with van der Waals surface area (Å²) in [5.74, 6) is -2.27. The number of rotatable bonds is 5. The van der Waals surface area contributed by atoms with Crippen molar-refractivity contribution < 1.29 is 18.0 Å². The predicted octanol–water partition coefficient (Wildman–Crippen LogP) is 4.18. The van der Waals surface area contributed by atoms with Crippen LogP contribution in [-0.2, 0) is 4.79 Å². The average Bonchev–Trinajstić information content (AvgIpc) is 2.39. The third kappa shape index (κ3) is 4.11. The Morgan fingerprint density at radius 3 is 2.20 bits per heavy atom. The van der Waals surface area contributed by atoms with Crippen LogP contribution in [0.5, 0.6) is 0 Å². The van der Waals surface area contributed by atoms with Crippen molar-refractivity contribution in [1.82, 2.24) is 0 Å². The Hall–Kier alpha value is -1.78. The van der Waals surface area contributed by atoms with Crippen molar-refractivity contribution in [3.8, 4) is 0 Å². The van der Waals surface area contributed by atoms with Crippen molar-refractivity contribution in [3.05, 3.63) is 42.1 Å². The molecule has 0 radical (unpaired) electrons. The first-order valence-electron chi connectivity index (χ1n) is 6.42. The van der Waals surface area contributed by atoms with Gasteiger partial charge >= 0.3 is 6.18 Å². The summed E-state index contributed by atoms with van der Waals surface area (Å²) < 4.78 is 37.8. The number of anilines is 1. The smallest absolute Gasteiger partial charge is 0.348 e. The Morgan fingerprint density at radius 2 is 1.80 bits per heavy atom. The first-order chi connectivity index (χ1) is 9.27. The second-order valence-electron chi connectivity index (χ2n) is 4.69. The van der Waals surface area contributed by atoms with E-state index in [-0.39, 0.29) is 5.57 Å². The molecule has 0 aromatic heterocycles. The monoisotopic (exact) mass is 285 g/mol. The highest BCUT2D eigenvalue weighted by molar-refractivity contribution is 6.00. The maximum atomic E-state index is 12.6. The zero-order valence-corrected chi connectivity index (χ0v) is 11.7. The molecule has 0 fully saturated rings. The minimum atomic E-state index is -4.84. The molecule has 1 rings (SSSR count). The topological polar surface area (TPSA) is 20.3 Å². The zero-order valence-electron chi connectivity index (χ0n) is 11.7. The van der Waals surface area contributed by atoms with Crippen LogP contribution in [0, 0.1) is 5.92 Å². The molecule has 1 aromatic carbocycles. The average molecular weight is 285 g/mol. The molecule has 20 heavy (non-hydrogen) atoms. The largest absolute Gasteiger partial charge is 0.454 e. The zero-order chi connectivity index (χ0) is 15.3. The molecule has 0 heterocycles. The number of halogens is 3. The molecular formula is C15H18F3NO. The van der Waals surface area contributed by atoms with E-state index in [2.05, 4.69) is 0 Å². The van der Waals surface area contributed by atoms with Gasteiger partial charge in [0.1, 0.15) is 0 Å². The molecule has 0 amide bonds. The number of carbonyl (C=O) groups excluding carboxylic acids is 1. The molecule has 2 nitrogen and oxygen atoms in total. The van der Waals surface area contributed by atoms with Gasteiger partial charge in [-0.25, -0.2) is 0 Å². The Bertz CT molecular complexity index is 478. The van der Waals surface area contributed by atoms with E-state index in [0.29, 0.717) is 6.54 Å². The van der Waals surface area contributed by atoms with Crippen LogP contribution in [-0.4, -0.2) is 18.5 Å². The van der Waals surface area contributed by atoms with E-state index in [1.807, 2.05) is 13.0 Å². The van der Waals surface area contributed by atoms with Crippen molar-refractivity contribution in [2.45, 2.75) is 26.9 Å². The molecule has 0 unspecified atom stereocenters. The minimum Gasteiger partial charge on any atom is -0.348 e. The van der Waals surface area contributed by atoms with Crippen molar-refractivity contribution in [3.63, 3.8) is 0 Å². The van der Waals surface area contributed by atoms with Gasteiger partial charge in [-0.2, -0.15) is 13.2 Å². The summed E-state index contributed by atoms with van der Waals surface area (Å²) in [5, 5.41) is 0. The van der Waals surface area contributed by atoms with Crippen molar-refractivity contribution >= 4 is 11.5 Å². The molecule has 0 aliphatic carbocycles. The quantitative estimate of drug-likeness (QED) is 0.756. The number of carbonyl (C=O) groups is 1. The summed E-state index contributed by atoms with van der Waals surface area (Å²) in [6, 6.07) is 9.00. The molecule has 0 bridgehead atoms. The Kier molecular flexibility index (Phi) is 5.36. The highest BCUT2D eigenvalue weighted by Crippen LogP contribution is 2.26. The van der Waals surface area contributed by atoms with E-state index in [9.17, 15) is 18.0 Å². The first-order valence-corrected chi connectivity index (χ1v) is 6.42. The molecule has 0 N–H and O–H groups in total. The van der Waals surface area contributed by atoms with Crippen molar-refractivity contribution in [2.75, 3.05) is 11.4 Å². The number of allylic oxidation sites excluding steroid dienone is 1. The number of hydrogen-bond donors (Lipinski definition) is 0. The number of ketones is 1. The van der Waals surface area contributed by atoms with Gasteiger partial charge in [-0.05, 0) is 25.0 Å². The second kappa shape index (κ2) is 6.59. The maximum Gasteiger partial charge on any atom is 0.454 e. The van der Waals surface area contributed by atoms with E-state index < -0.39 is 17.9 Å². The van der Waals surface area contributed by atoms with Gasteiger partial charge in [-0.1, -0.05) is 32.0 Å². The van der Waals surface area contributed by atoms with E-state index in [1.165, 1.54) is 6.20 Å². The number of para-hydroxylation sites is 1. The van der Waals surface area contributed by atoms with Gasteiger partial charge in [-0.3, -0.25) is 4.79 Å². The van der Waals surface area contributed by atoms with E-state index in [1.54, 1.807) is 43.0 Å². The fraction of sp³-hybridized carbons (Fsp3) is 0.400. The van der Waals surface area contributed by atoms with Crippen LogP contribution in [0.1, 0.15) is 20.8 Å². The Morgan fingerprint density at radius 1 is 1.25 bits per heavy atom. The SMILES string of the molecule is CCN(/C=C(\C(=O)C(F)(F)F)C(C)C)c1ccccc1. The molecule has 0 spiro atoms. The maximum absolute atomic E-state index is 12.6. The van der Waals surface area contributed by atoms with Crippen LogP contribution in [0.2, 0.25) is 0 Å². The van der Waals surface area contributed by atoms with Crippen LogP contribution < -0.4 is 4.90 Å². The minimum absolute atomic E-state index is 0.233. The van der Waals surface area contributed by atoms with E-state index in [4.69, 9.17) is 0 Å². The molecule has 0 saturated carbocycles. The molecule has 5 heteroatoms. The van der Waals surface area contributed by atoms with Crippen LogP contribution in [0.3, 0.4) is 0 Å². The number of nitrogens with zero attached hydrogens (tertiary/aromatic N) is 1. The van der Waals surface area contributed by atoms with Crippen LogP contribution >= 0.6 is 0 Å². The molecule has 0 aliphatic rings. The van der Waals surface area contributed by atoms with E-state index >= 15 is 0 Å². The first kappa shape index (κ1) is 16.3. The lowest BCUT2D eigenvalue weighted by Crippen LogP contribution is -2.29. The highest BCUT2D eigenvalue weighted by Gasteiger charge is 2.41. The Labute approximate surface area is 116 Å². The van der Waals surface area contributed by atoms with Crippen LogP contribution in [0.4, 0.5) is 18.9 Å². The number of Topliss-reactive ketones (excluding diaryl/α,β-unsaturated/α-hetero) is 1. The summed E-state index contributed by atoms with van der Waals surface area (Å²) >= 11 is 0. The highest BCUT2D eigenvalue weighted by atomic mass is 19.4. The summed E-state index contributed by atoms with van der Waals surface area (Å²) in [6.45, 7) is 5.45. The van der Waals surface area contributed by atoms with Crippen molar-refractivity contribution in [1.29, 1.82) is 0 Å². The lowest BCUT2D eigenvalue weighted by molar-refractivity contribution is -0.167. The lowest BCUT2D eigenvalue weighted by atomic mass is 9.99. The molecule has 110 valence electrons. The number of hydrogen-bond acceptors (Lipinski definition) is 2. The number of alkyl halides is 3. The van der Waals surface area contributed by atoms with Gasteiger partial charge < -0.3 is 4.90 Å². The summed E-state index contributed by atoms with van der Waals surface area (Å²) in [5.41, 5.74) is 0.520. The van der Waals surface area contributed by atoms with Gasteiger partial charge in [0, 0.05) is 24.0 Å². The Balaban J connectivity index is 3.16. The van der Waals surface area contributed by atoms with Gasteiger partial charge in [0.05, 0.1) is 0 Å². The lowest BCUT2D eigenvalue weighted by Gasteiger charge is -2.22. The van der Waals surface area contributed by atoms with Gasteiger partial charge in [0.25, 0.3) is 5.78 Å². The molecular weight excluding hydrogens is 267 g/mol. The standard InChI is InChI=1S/C15H18F3NO/c1-4-19(12-8-6-5-7-9-12)10-13(11(2)3)14(20)15(16,17)18/h5-11H,4H2,1-3H3/b13-10-. The van der Waals surface area contributed by atoms with Crippen molar-refractivity contribution in [2.24, 2.45) is 5.92 Å². The normalized spacial score (nSPS) is 12.7. The van der Waals surface area contributed by atoms with Gasteiger partial charge in [0.15, 0.2) is 0 Å². The third-order valence-corrected chi connectivity index (χ3v) is 2.87. The summed E-state index contributed by atoms with van der Waals surface area (Å²) in [4.78, 5) is 13.1. The summed E-state index contributed by atoms with van der Waals surface area (Å²) in [6.07, 6.45) is -3.54. The second-order valence-corrected chi connectivity index (χ2v) is 4.69. The molecule has 0 saturated heterocycles.